The maximum atomic E-state index is 10.8. The quantitative estimate of drug-likeness (QED) is 0.922. The topological polar surface area (TPSA) is 41.9 Å². The van der Waals surface area contributed by atoms with Gasteiger partial charge >= 0.3 is 0 Å². The van der Waals surface area contributed by atoms with Crippen molar-refractivity contribution in [2.75, 3.05) is 27.2 Å². The Hall–Kier alpha value is -1.26. The molecule has 1 fully saturated rings. The van der Waals surface area contributed by atoms with Gasteiger partial charge in [-0.3, -0.25) is 4.90 Å². The van der Waals surface area contributed by atoms with Gasteiger partial charge in [-0.05, 0) is 54.3 Å². The number of piperidine rings is 1. The van der Waals surface area contributed by atoms with Crippen LogP contribution in [0.4, 0.5) is 0 Å². The Bertz CT molecular complexity index is 936. The van der Waals surface area contributed by atoms with Gasteiger partial charge in [0.05, 0.1) is 28.5 Å². The molecule has 0 saturated carbocycles. The van der Waals surface area contributed by atoms with Gasteiger partial charge in [0.2, 0.25) is 0 Å². The van der Waals surface area contributed by atoms with E-state index in [0.717, 1.165) is 12.0 Å². The van der Waals surface area contributed by atoms with Gasteiger partial charge in [0.1, 0.15) is 0 Å². The summed E-state index contributed by atoms with van der Waals surface area (Å²) in [5.74, 6) is -1.44. The number of aliphatic hydroxyl groups excluding tert-OH is 1. The van der Waals surface area contributed by atoms with Crippen LogP contribution in [0.25, 0.3) is 0 Å². The van der Waals surface area contributed by atoms with Crippen LogP contribution in [0, 0.1) is 11.8 Å². The lowest BCUT2D eigenvalue weighted by atomic mass is 9.79. The van der Waals surface area contributed by atoms with E-state index >= 15 is 0 Å². The average molecular weight is 330 g/mol. The summed E-state index contributed by atoms with van der Waals surface area (Å²) in [4.78, 5) is 0.991. The Kier molecular flexibility index (Phi) is 2.39. The van der Waals surface area contributed by atoms with Crippen LogP contribution in [0.1, 0.15) is 57.5 Å². The molecule has 1 saturated heterocycles. The molecule has 0 amide bonds. The lowest BCUT2D eigenvalue weighted by molar-refractivity contribution is -0.0191. The van der Waals surface area contributed by atoms with Crippen LogP contribution >= 0.6 is 0 Å². The van der Waals surface area contributed by atoms with E-state index in [2.05, 4.69) is 0 Å². The summed E-state index contributed by atoms with van der Waals surface area (Å²) >= 11 is 0. The highest BCUT2D eigenvalue weighted by Gasteiger charge is 2.38. The maximum Gasteiger partial charge on any atom is 0.161 e. The predicted octanol–water partition coefficient (Wildman–Crippen LogP) is 3.03. The van der Waals surface area contributed by atoms with Crippen molar-refractivity contribution in [3.63, 3.8) is 0 Å². The molecule has 0 spiro atoms. The summed E-state index contributed by atoms with van der Waals surface area (Å²) in [5.41, 5.74) is -0.970. The van der Waals surface area contributed by atoms with Crippen LogP contribution in [0.5, 0.6) is 11.5 Å². The van der Waals surface area contributed by atoms with Crippen LogP contribution in [-0.2, 0) is 6.37 Å². The molecule has 23 heavy (non-hydrogen) atoms. The molecule has 2 aliphatic rings. The van der Waals surface area contributed by atoms with Crippen molar-refractivity contribution in [2.24, 2.45) is 11.8 Å². The van der Waals surface area contributed by atoms with Crippen LogP contribution in [0.2, 0.25) is 0 Å². The number of methoxy groups -OCH3 is 2. The van der Waals surface area contributed by atoms with Crippen LogP contribution in [0.3, 0.4) is 0 Å². The summed E-state index contributed by atoms with van der Waals surface area (Å²) in [5, 5.41) is 10.8. The minimum Gasteiger partial charge on any atom is -0.493 e. The first-order chi connectivity index (χ1) is 14.9. The van der Waals surface area contributed by atoms with E-state index in [0.29, 0.717) is 6.42 Å². The summed E-state index contributed by atoms with van der Waals surface area (Å²) in [6, 6.07) is -3.51. The molecule has 128 valence electrons. The smallest absolute Gasteiger partial charge is 0.161 e. The van der Waals surface area contributed by atoms with Crippen LogP contribution in [-0.4, -0.2) is 43.3 Å². The van der Waals surface area contributed by atoms with Gasteiger partial charge in [0.15, 0.2) is 11.5 Å². The summed E-state index contributed by atoms with van der Waals surface area (Å²) in [7, 11) is -1.92. The number of rotatable bonds is 4. The van der Waals surface area contributed by atoms with E-state index in [1.54, 1.807) is 0 Å². The standard InChI is InChI=1S/C19H29NO3/c1-12(2)7-14-11-20-6-5-13-8-18(22-3)19(23-4)9-15(13)16(20)10-17(14)21/h8-9,12,14,16-17,21H,5-7,10-11H2,1-4H3/i4D3,5D2,6D2,8D,9D,16D. The van der Waals surface area contributed by atoms with Crippen molar-refractivity contribution in [2.45, 2.75) is 45.2 Å². The summed E-state index contributed by atoms with van der Waals surface area (Å²) in [6.07, 6.45) is -3.72. The molecule has 3 atom stereocenters. The molecule has 1 aromatic carbocycles. The second kappa shape index (κ2) is 6.70. The second-order valence-corrected chi connectivity index (χ2v) is 6.42. The van der Waals surface area contributed by atoms with Crippen molar-refractivity contribution in [3.05, 3.63) is 23.2 Å². The third kappa shape index (κ3) is 3.20. The molecule has 1 N–H and O–H groups in total. The Balaban J connectivity index is 2.36. The maximum absolute atomic E-state index is 10.8. The van der Waals surface area contributed by atoms with Gasteiger partial charge in [0.25, 0.3) is 0 Å². The van der Waals surface area contributed by atoms with E-state index in [9.17, 15) is 6.48 Å². The minimum absolute atomic E-state index is 0.150. The van der Waals surface area contributed by atoms with Gasteiger partial charge in [-0.1, -0.05) is 13.8 Å². The third-order valence-corrected chi connectivity index (χ3v) is 4.31. The van der Waals surface area contributed by atoms with Crippen molar-refractivity contribution in [3.8, 4) is 11.5 Å². The fraction of sp³-hybridized carbons (Fsp3) is 0.684. The second-order valence-electron chi connectivity index (χ2n) is 6.42. The Morgan fingerprint density at radius 1 is 1.48 bits per heavy atom. The molecular weight excluding hydrogens is 290 g/mol. The number of hydrogen-bond donors (Lipinski definition) is 1. The van der Waals surface area contributed by atoms with Crippen molar-refractivity contribution >= 4 is 0 Å². The highest BCUT2D eigenvalue weighted by molar-refractivity contribution is 5.49. The van der Waals surface area contributed by atoms with Gasteiger partial charge in [-0.25, -0.2) is 0 Å². The highest BCUT2D eigenvalue weighted by Crippen LogP contribution is 2.43. The largest absolute Gasteiger partial charge is 0.493 e. The number of ether oxygens (including phenoxy) is 2. The highest BCUT2D eigenvalue weighted by atomic mass is 16.5. The van der Waals surface area contributed by atoms with Gasteiger partial charge in [-0.2, -0.15) is 0 Å². The van der Waals surface area contributed by atoms with Crippen LogP contribution in [0.15, 0.2) is 12.1 Å². The monoisotopic (exact) mass is 329 g/mol. The molecule has 1 aromatic rings. The van der Waals surface area contributed by atoms with E-state index in [1.807, 2.05) is 13.8 Å². The first-order valence-corrected chi connectivity index (χ1v) is 7.77. The number of nitrogens with zero attached hydrogens (tertiary/aromatic N) is 1. The first-order valence-electron chi connectivity index (χ1n) is 12.8. The molecule has 0 radical (unpaired) electrons. The molecule has 2 heterocycles. The molecule has 3 unspecified atom stereocenters. The molecule has 0 aromatic heterocycles. The van der Waals surface area contributed by atoms with Gasteiger partial charge < -0.3 is 14.6 Å². The number of aliphatic hydroxyl groups is 1. The van der Waals surface area contributed by atoms with E-state index in [-0.39, 0.29) is 18.9 Å². The lowest BCUT2D eigenvalue weighted by Crippen LogP contribution is -2.48. The van der Waals surface area contributed by atoms with E-state index < -0.39 is 72.7 Å². The first kappa shape index (κ1) is 8.21. The molecule has 2 aliphatic heterocycles. The Labute approximate surface area is 153 Å². The van der Waals surface area contributed by atoms with Crippen molar-refractivity contribution in [1.29, 1.82) is 0 Å². The summed E-state index contributed by atoms with van der Waals surface area (Å²) < 4.78 is 93.3. The normalized spacial score (nSPS) is 42.0. The molecule has 0 bridgehead atoms. The molecule has 0 aliphatic carbocycles. The fourth-order valence-electron chi connectivity index (χ4n) is 3.24. The number of hydrogen-bond acceptors (Lipinski definition) is 4. The van der Waals surface area contributed by atoms with E-state index in [4.69, 9.17) is 21.8 Å². The summed E-state index contributed by atoms with van der Waals surface area (Å²) in [6.45, 7) is 0.960. The zero-order valence-corrected chi connectivity index (χ0v) is 13.6. The third-order valence-electron chi connectivity index (χ3n) is 4.31. The Morgan fingerprint density at radius 2 is 2.26 bits per heavy atom. The Morgan fingerprint density at radius 3 is 2.96 bits per heavy atom. The average Bonchev–Trinajstić information content (AvgIpc) is 2.63. The van der Waals surface area contributed by atoms with Crippen LogP contribution < -0.4 is 9.47 Å². The van der Waals surface area contributed by atoms with Crippen molar-refractivity contribution < 1.29 is 28.3 Å². The lowest BCUT2D eigenvalue weighted by Gasteiger charge is -2.46. The molecule has 3 rings (SSSR count). The number of fused-ring (bicyclic) bond motifs is 3. The van der Waals surface area contributed by atoms with E-state index in [1.165, 1.54) is 0 Å². The zero-order valence-electron chi connectivity index (χ0n) is 23.6. The fourth-order valence-corrected chi connectivity index (χ4v) is 3.24. The molecule has 4 heteroatoms. The minimum atomic E-state index is -3.02. The molecular formula is C19H29NO3. The zero-order chi connectivity index (χ0) is 25.3. The van der Waals surface area contributed by atoms with Gasteiger partial charge in [-0.15, -0.1) is 0 Å². The predicted molar refractivity (Wildman–Crippen MR) is 91.1 cm³/mol. The van der Waals surface area contributed by atoms with Gasteiger partial charge in [0, 0.05) is 24.5 Å². The number of benzene rings is 1. The molecule has 4 nitrogen and oxygen atoms in total. The van der Waals surface area contributed by atoms with Crippen molar-refractivity contribution in [1.82, 2.24) is 4.90 Å². The SMILES string of the molecule is [2H]c1c(OC([2H])([2H])[2H])c(OC)c([2H])c2c1C1([2H])CC(O)C(CC(C)C)CN1C([2H])([2H])C2([2H])[2H].